The number of aliphatic carboxylic acids is 1. The minimum atomic E-state index is -0.725. The predicted molar refractivity (Wildman–Crippen MR) is 66.8 cm³/mol. The van der Waals surface area contributed by atoms with Gasteiger partial charge in [-0.15, -0.1) is 0 Å². The zero-order valence-electron chi connectivity index (χ0n) is 9.07. The van der Waals surface area contributed by atoms with Crippen LogP contribution in [0, 0.1) is 5.92 Å². The third kappa shape index (κ3) is 2.64. The van der Waals surface area contributed by atoms with E-state index >= 15 is 0 Å². The van der Waals surface area contributed by atoms with Crippen LogP contribution in [-0.4, -0.2) is 29.1 Å². The summed E-state index contributed by atoms with van der Waals surface area (Å²) in [4.78, 5) is 16.8. The van der Waals surface area contributed by atoms with Crippen molar-refractivity contribution >= 4 is 34.9 Å². The quantitative estimate of drug-likeness (QED) is 0.901. The average Bonchev–Trinajstić information content (AvgIpc) is 2.29. The van der Waals surface area contributed by atoms with Gasteiger partial charge in [0.05, 0.1) is 21.7 Å². The third-order valence-corrected chi connectivity index (χ3v) is 3.54. The summed E-state index contributed by atoms with van der Waals surface area (Å²) < 4.78 is 0. The molecule has 17 heavy (non-hydrogen) atoms. The molecule has 1 fully saturated rings. The van der Waals surface area contributed by atoms with E-state index in [0.717, 1.165) is 5.69 Å². The second kappa shape index (κ2) is 5.10. The van der Waals surface area contributed by atoms with E-state index in [2.05, 4.69) is 4.98 Å². The highest BCUT2D eigenvalue weighted by molar-refractivity contribution is 6.38. The Morgan fingerprint density at radius 2 is 1.82 bits per heavy atom. The van der Waals surface area contributed by atoms with E-state index in [-0.39, 0.29) is 5.92 Å². The molecule has 0 amide bonds. The molecular formula is C11H12Cl2N2O2. The van der Waals surface area contributed by atoms with Gasteiger partial charge >= 0.3 is 5.97 Å². The summed E-state index contributed by atoms with van der Waals surface area (Å²) in [5.74, 6) is -0.984. The Morgan fingerprint density at radius 1 is 1.29 bits per heavy atom. The van der Waals surface area contributed by atoms with E-state index in [1.165, 1.54) is 0 Å². The van der Waals surface area contributed by atoms with Gasteiger partial charge in [0.2, 0.25) is 0 Å². The Balaban J connectivity index is 2.13. The number of carbonyl (C=O) groups is 1. The van der Waals surface area contributed by atoms with Gasteiger partial charge in [-0.1, -0.05) is 23.2 Å². The van der Waals surface area contributed by atoms with Crippen LogP contribution in [0.25, 0.3) is 0 Å². The monoisotopic (exact) mass is 274 g/mol. The first-order valence-electron chi connectivity index (χ1n) is 5.36. The molecule has 1 aliphatic rings. The summed E-state index contributed by atoms with van der Waals surface area (Å²) >= 11 is 12.1. The van der Waals surface area contributed by atoms with Gasteiger partial charge in [0.25, 0.3) is 0 Å². The van der Waals surface area contributed by atoms with Crippen molar-refractivity contribution in [2.24, 2.45) is 5.92 Å². The van der Waals surface area contributed by atoms with Crippen molar-refractivity contribution in [1.82, 2.24) is 4.98 Å². The first-order chi connectivity index (χ1) is 8.09. The van der Waals surface area contributed by atoms with Crippen LogP contribution in [0.2, 0.25) is 10.0 Å². The number of carboxylic acid groups (broad SMARTS) is 1. The maximum atomic E-state index is 10.9. The van der Waals surface area contributed by atoms with Crippen molar-refractivity contribution in [3.63, 3.8) is 0 Å². The van der Waals surface area contributed by atoms with Crippen molar-refractivity contribution < 1.29 is 9.90 Å². The Morgan fingerprint density at radius 3 is 2.29 bits per heavy atom. The molecule has 6 heteroatoms. The highest BCUT2D eigenvalue weighted by Crippen LogP contribution is 2.34. The highest BCUT2D eigenvalue weighted by atomic mass is 35.5. The molecule has 1 aliphatic heterocycles. The van der Waals surface area contributed by atoms with E-state index in [1.807, 2.05) is 4.90 Å². The number of pyridine rings is 1. The fourth-order valence-corrected chi connectivity index (χ4v) is 2.66. The van der Waals surface area contributed by atoms with Gasteiger partial charge in [-0.3, -0.25) is 9.78 Å². The minimum absolute atomic E-state index is 0.259. The highest BCUT2D eigenvalue weighted by Gasteiger charge is 2.26. The zero-order chi connectivity index (χ0) is 12.4. The molecule has 4 nitrogen and oxygen atoms in total. The van der Waals surface area contributed by atoms with Gasteiger partial charge in [0.15, 0.2) is 0 Å². The largest absolute Gasteiger partial charge is 0.481 e. The zero-order valence-corrected chi connectivity index (χ0v) is 10.6. The molecule has 0 atom stereocenters. The molecule has 0 radical (unpaired) electrons. The Kier molecular flexibility index (Phi) is 3.74. The number of rotatable bonds is 2. The lowest BCUT2D eigenvalue weighted by molar-refractivity contribution is -0.142. The summed E-state index contributed by atoms with van der Waals surface area (Å²) in [7, 11) is 0. The van der Waals surface area contributed by atoms with Crippen molar-refractivity contribution in [2.45, 2.75) is 12.8 Å². The molecule has 92 valence electrons. The van der Waals surface area contributed by atoms with Crippen molar-refractivity contribution in [2.75, 3.05) is 18.0 Å². The van der Waals surface area contributed by atoms with Crippen LogP contribution in [0.4, 0.5) is 5.69 Å². The van der Waals surface area contributed by atoms with Crippen LogP contribution in [0.1, 0.15) is 12.8 Å². The van der Waals surface area contributed by atoms with Gasteiger partial charge in [-0.25, -0.2) is 0 Å². The molecule has 0 unspecified atom stereocenters. The minimum Gasteiger partial charge on any atom is -0.481 e. The maximum Gasteiger partial charge on any atom is 0.306 e. The molecule has 2 heterocycles. The summed E-state index contributed by atoms with van der Waals surface area (Å²) in [6, 6.07) is 0. The number of hydrogen-bond acceptors (Lipinski definition) is 3. The van der Waals surface area contributed by atoms with Crippen molar-refractivity contribution in [1.29, 1.82) is 0 Å². The molecule has 1 aromatic rings. The lowest BCUT2D eigenvalue weighted by Gasteiger charge is -2.32. The summed E-state index contributed by atoms with van der Waals surface area (Å²) in [6.45, 7) is 1.31. The van der Waals surface area contributed by atoms with Gasteiger partial charge < -0.3 is 10.0 Å². The van der Waals surface area contributed by atoms with Crippen LogP contribution in [0.15, 0.2) is 12.4 Å². The van der Waals surface area contributed by atoms with Crippen molar-refractivity contribution in [3.05, 3.63) is 22.4 Å². The van der Waals surface area contributed by atoms with Crippen LogP contribution in [0.5, 0.6) is 0 Å². The molecule has 0 aliphatic carbocycles. The molecule has 1 saturated heterocycles. The standard InChI is InChI=1S/C11H12Cl2N2O2/c12-8-5-14-6-9(13)10(8)15-3-1-7(2-4-15)11(16)17/h5-7H,1-4H2,(H,16,17). The molecule has 0 spiro atoms. The number of carboxylic acids is 1. The molecule has 1 aromatic heterocycles. The molecule has 2 rings (SSSR count). The van der Waals surface area contributed by atoms with Gasteiger partial charge in [-0.2, -0.15) is 0 Å². The third-order valence-electron chi connectivity index (χ3n) is 2.99. The van der Waals surface area contributed by atoms with E-state index in [0.29, 0.717) is 36.0 Å². The van der Waals surface area contributed by atoms with Gasteiger partial charge in [-0.05, 0) is 12.8 Å². The smallest absolute Gasteiger partial charge is 0.306 e. The maximum absolute atomic E-state index is 10.9. The number of hydrogen-bond donors (Lipinski definition) is 1. The van der Waals surface area contributed by atoms with Gasteiger partial charge in [0, 0.05) is 25.5 Å². The van der Waals surface area contributed by atoms with Crippen LogP contribution >= 0.6 is 23.2 Å². The average molecular weight is 275 g/mol. The molecular weight excluding hydrogens is 263 g/mol. The number of aromatic nitrogens is 1. The van der Waals surface area contributed by atoms with E-state index < -0.39 is 5.97 Å². The molecule has 1 N–H and O–H groups in total. The lowest BCUT2D eigenvalue weighted by atomic mass is 9.97. The SMILES string of the molecule is O=C(O)C1CCN(c2c(Cl)cncc2Cl)CC1. The summed E-state index contributed by atoms with van der Waals surface area (Å²) in [5, 5.41) is 9.94. The van der Waals surface area contributed by atoms with Crippen LogP contribution in [0.3, 0.4) is 0 Å². The van der Waals surface area contributed by atoms with E-state index in [4.69, 9.17) is 28.3 Å². The first kappa shape index (κ1) is 12.5. The van der Waals surface area contributed by atoms with Crippen LogP contribution in [-0.2, 0) is 4.79 Å². The van der Waals surface area contributed by atoms with Gasteiger partial charge in [0.1, 0.15) is 0 Å². The topological polar surface area (TPSA) is 53.4 Å². The molecule has 0 aromatic carbocycles. The predicted octanol–water partition coefficient (Wildman–Crippen LogP) is 2.69. The number of halogens is 2. The number of nitrogens with zero attached hydrogens (tertiary/aromatic N) is 2. The van der Waals surface area contributed by atoms with Crippen LogP contribution < -0.4 is 4.90 Å². The van der Waals surface area contributed by atoms with E-state index in [1.54, 1.807) is 12.4 Å². The normalized spacial score (nSPS) is 17.2. The summed E-state index contributed by atoms with van der Waals surface area (Å²) in [6.07, 6.45) is 4.33. The van der Waals surface area contributed by atoms with E-state index in [9.17, 15) is 4.79 Å². The molecule has 0 saturated carbocycles. The first-order valence-corrected chi connectivity index (χ1v) is 6.12. The van der Waals surface area contributed by atoms with Crippen molar-refractivity contribution in [3.8, 4) is 0 Å². The fraction of sp³-hybridized carbons (Fsp3) is 0.455. The number of piperidine rings is 1. The number of anilines is 1. The Bertz CT molecular complexity index is 411. The Hall–Kier alpha value is -1.00. The second-order valence-electron chi connectivity index (χ2n) is 4.05. The molecule has 0 bridgehead atoms. The Labute approximate surface area is 109 Å². The summed E-state index contributed by atoms with van der Waals surface area (Å²) in [5.41, 5.74) is 0.757. The fourth-order valence-electron chi connectivity index (χ4n) is 2.06. The lowest BCUT2D eigenvalue weighted by Crippen LogP contribution is -2.36. The second-order valence-corrected chi connectivity index (χ2v) is 4.87.